The van der Waals surface area contributed by atoms with E-state index in [1.54, 1.807) is 4.57 Å². The molecule has 0 radical (unpaired) electrons. The molecule has 0 bridgehead atoms. The van der Waals surface area contributed by atoms with Crippen molar-refractivity contribution in [2.24, 2.45) is 0 Å². The number of hydrogen-bond donors (Lipinski definition) is 0. The molecule has 5 rings (SSSR count). The largest absolute Gasteiger partial charge is 0.335 e. The molecule has 2 aromatic carbocycles. The molecule has 0 unspecified atom stereocenters. The lowest BCUT2D eigenvalue weighted by atomic mass is 10.0. The number of imidazole rings is 1. The van der Waals surface area contributed by atoms with Gasteiger partial charge in [-0.25, -0.2) is 9.37 Å². The first-order valence-corrected chi connectivity index (χ1v) is 11.8. The number of rotatable bonds is 5. The first kappa shape index (κ1) is 21.1. The average molecular weight is 435 g/mol. The van der Waals surface area contributed by atoms with E-state index in [9.17, 15) is 9.18 Å². The summed E-state index contributed by atoms with van der Waals surface area (Å²) in [5, 5.41) is 2.16. The Morgan fingerprint density at radius 2 is 1.75 bits per heavy atom. The summed E-state index contributed by atoms with van der Waals surface area (Å²) >= 11 is 0. The third-order valence-corrected chi connectivity index (χ3v) is 7.13. The van der Waals surface area contributed by atoms with Crippen molar-refractivity contribution >= 4 is 16.7 Å². The molecule has 168 valence electrons. The maximum absolute atomic E-state index is 13.6. The minimum absolute atomic E-state index is 0.0268. The number of nitrogens with zero attached hydrogens (tertiary/aromatic N) is 4. The van der Waals surface area contributed by atoms with Gasteiger partial charge < -0.3 is 9.47 Å². The van der Waals surface area contributed by atoms with Crippen molar-refractivity contribution in [3.05, 3.63) is 53.9 Å². The quantitative estimate of drug-likeness (QED) is 0.585. The van der Waals surface area contributed by atoms with E-state index in [4.69, 9.17) is 4.98 Å². The molecule has 1 saturated heterocycles. The molecule has 1 saturated carbocycles. The van der Waals surface area contributed by atoms with Gasteiger partial charge in [0.15, 0.2) is 0 Å². The lowest BCUT2D eigenvalue weighted by molar-refractivity contribution is 0.0562. The second kappa shape index (κ2) is 9.02. The van der Waals surface area contributed by atoms with Gasteiger partial charge >= 0.3 is 0 Å². The van der Waals surface area contributed by atoms with Gasteiger partial charge in [-0.15, -0.1) is 0 Å². The van der Waals surface area contributed by atoms with E-state index in [-0.39, 0.29) is 12.5 Å². The van der Waals surface area contributed by atoms with E-state index in [0.717, 1.165) is 42.5 Å². The summed E-state index contributed by atoms with van der Waals surface area (Å²) in [4.78, 5) is 22.8. The van der Waals surface area contributed by atoms with Gasteiger partial charge in [0.2, 0.25) is 0 Å². The Kier molecular flexibility index (Phi) is 5.96. The van der Waals surface area contributed by atoms with E-state index >= 15 is 0 Å². The van der Waals surface area contributed by atoms with Crippen molar-refractivity contribution in [2.75, 3.05) is 32.9 Å². The third kappa shape index (κ3) is 3.81. The molecule has 2 heterocycles. The Morgan fingerprint density at radius 1 is 1.03 bits per heavy atom. The van der Waals surface area contributed by atoms with Crippen LogP contribution in [-0.4, -0.2) is 64.2 Å². The van der Waals surface area contributed by atoms with Crippen LogP contribution in [0, 0.1) is 6.92 Å². The van der Waals surface area contributed by atoms with Crippen LogP contribution in [0.3, 0.4) is 0 Å². The summed E-state index contributed by atoms with van der Waals surface area (Å²) in [6.45, 7) is 4.74. The minimum atomic E-state index is -0.538. The molecule has 3 aromatic rings. The molecule has 1 aliphatic heterocycles. The van der Waals surface area contributed by atoms with Crippen LogP contribution in [0.4, 0.5) is 4.39 Å². The molecule has 6 heteroatoms. The summed E-state index contributed by atoms with van der Waals surface area (Å²) in [6.07, 6.45) is 5.21. The highest BCUT2D eigenvalue weighted by Gasteiger charge is 2.31. The van der Waals surface area contributed by atoms with Crippen molar-refractivity contribution in [3.8, 4) is 11.4 Å². The van der Waals surface area contributed by atoms with Crippen LogP contribution < -0.4 is 0 Å². The molecule has 2 fully saturated rings. The first-order chi connectivity index (χ1) is 15.7. The third-order valence-electron chi connectivity index (χ3n) is 7.13. The molecule has 1 aliphatic carbocycles. The van der Waals surface area contributed by atoms with Crippen LogP contribution in [0.2, 0.25) is 0 Å². The molecule has 5 nitrogen and oxygen atoms in total. The fraction of sp³-hybridized carbons (Fsp3) is 0.462. The predicted molar refractivity (Wildman–Crippen MR) is 126 cm³/mol. The van der Waals surface area contributed by atoms with Crippen LogP contribution in [0.15, 0.2) is 42.5 Å². The average Bonchev–Trinajstić information content (AvgIpc) is 3.47. The number of fused-ring (bicyclic) bond motifs is 1. The van der Waals surface area contributed by atoms with E-state index in [1.807, 2.05) is 36.1 Å². The van der Waals surface area contributed by atoms with Gasteiger partial charge in [-0.2, -0.15) is 0 Å². The Morgan fingerprint density at radius 3 is 2.50 bits per heavy atom. The van der Waals surface area contributed by atoms with Crippen molar-refractivity contribution < 1.29 is 9.18 Å². The zero-order chi connectivity index (χ0) is 22.1. The topological polar surface area (TPSA) is 41.4 Å². The van der Waals surface area contributed by atoms with Gasteiger partial charge in [0, 0.05) is 37.8 Å². The predicted octanol–water partition coefficient (Wildman–Crippen LogP) is 4.68. The van der Waals surface area contributed by atoms with Gasteiger partial charge in [0.05, 0.1) is 12.2 Å². The molecule has 32 heavy (non-hydrogen) atoms. The number of alkyl halides is 1. The summed E-state index contributed by atoms with van der Waals surface area (Å²) in [6, 6.07) is 14.9. The SMILES string of the molecule is Cc1nc(-c2cccc3ccccc23)n(CCF)c1C(=O)N1CCN(C2CCCC2)CC1. The highest BCUT2D eigenvalue weighted by molar-refractivity contribution is 5.98. The number of halogens is 1. The Bertz CT molecular complexity index is 1100. The molecule has 0 atom stereocenters. The Balaban J connectivity index is 1.46. The zero-order valence-electron chi connectivity index (χ0n) is 18.8. The van der Waals surface area contributed by atoms with E-state index in [1.165, 1.54) is 25.7 Å². The number of carbonyl (C=O) groups excluding carboxylic acids is 1. The second-order valence-corrected chi connectivity index (χ2v) is 9.00. The van der Waals surface area contributed by atoms with Crippen LogP contribution in [-0.2, 0) is 6.54 Å². The van der Waals surface area contributed by atoms with Gasteiger partial charge in [-0.05, 0) is 30.5 Å². The minimum Gasteiger partial charge on any atom is -0.335 e. The number of benzene rings is 2. The van der Waals surface area contributed by atoms with Gasteiger partial charge in [0.25, 0.3) is 5.91 Å². The molecule has 2 aliphatic rings. The number of carbonyl (C=O) groups is 1. The van der Waals surface area contributed by atoms with Crippen molar-refractivity contribution in [3.63, 3.8) is 0 Å². The molecule has 0 N–H and O–H groups in total. The number of piperazine rings is 1. The van der Waals surface area contributed by atoms with E-state index in [0.29, 0.717) is 23.3 Å². The lowest BCUT2D eigenvalue weighted by Gasteiger charge is -2.38. The Hall–Kier alpha value is -2.73. The maximum Gasteiger partial charge on any atom is 0.272 e. The zero-order valence-corrected chi connectivity index (χ0v) is 18.8. The molecule has 1 amide bonds. The van der Waals surface area contributed by atoms with Gasteiger partial charge in [0.1, 0.15) is 18.2 Å². The van der Waals surface area contributed by atoms with Crippen LogP contribution in [0.1, 0.15) is 41.9 Å². The highest BCUT2D eigenvalue weighted by atomic mass is 19.1. The second-order valence-electron chi connectivity index (χ2n) is 9.00. The van der Waals surface area contributed by atoms with Crippen molar-refractivity contribution in [2.45, 2.75) is 45.2 Å². The fourth-order valence-corrected chi connectivity index (χ4v) is 5.48. The smallest absolute Gasteiger partial charge is 0.272 e. The van der Waals surface area contributed by atoms with E-state index in [2.05, 4.69) is 23.1 Å². The first-order valence-electron chi connectivity index (χ1n) is 11.8. The molecular weight excluding hydrogens is 403 g/mol. The normalized spacial score (nSPS) is 18.0. The van der Waals surface area contributed by atoms with Crippen LogP contribution in [0.5, 0.6) is 0 Å². The molecule has 1 aromatic heterocycles. The van der Waals surface area contributed by atoms with E-state index < -0.39 is 6.67 Å². The number of aryl methyl sites for hydroxylation is 1. The lowest BCUT2D eigenvalue weighted by Crippen LogP contribution is -2.51. The van der Waals surface area contributed by atoms with Gasteiger partial charge in [-0.1, -0.05) is 55.3 Å². The Labute approximate surface area is 188 Å². The molecule has 0 spiro atoms. The monoisotopic (exact) mass is 434 g/mol. The summed E-state index contributed by atoms with van der Waals surface area (Å²) < 4.78 is 15.4. The summed E-state index contributed by atoms with van der Waals surface area (Å²) in [5.41, 5.74) is 2.13. The van der Waals surface area contributed by atoms with Crippen LogP contribution in [0.25, 0.3) is 22.2 Å². The molecular formula is C26H31FN4O. The van der Waals surface area contributed by atoms with Crippen molar-refractivity contribution in [1.82, 2.24) is 19.4 Å². The van der Waals surface area contributed by atoms with Crippen molar-refractivity contribution in [1.29, 1.82) is 0 Å². The van der Waals surface area contributed by atoms with Crippen LogP contribution >= 0.6 is 0 Å². The van der Waals surface area contributed by atoms with Gasteiger partial charge in [-0.3, -0.25) is 9.69 Å². The standard InChI is InChI=1S/C26H31FN4O/c1-19-24(26(32)30-17-15-29(16-18-30)21-9-3-4-10-21)31(14-13-27)25(28-19)23-12-6-8-20-7-2-5-11-22(20)23/h2,5-8,11-12,21H,3-4,9-10,13-18H2,1H3. The highest BCUT2D eigenvalue weighted by Crippen LogP contribution is 2.31. The number of aromatic nitrogens is 2. The summed E-state index contributed by atoms with van der Waals surface area (Å²) in [7, 11) is 0. The number of amides is 1. The maximum atomic E-state index is 13.6. The summed E-state index contributed by atoms with van der Waals surface area (Å²) in [5.74, 6) is 0.644. The fourth-order valence-electron chi connectivity index (χ4n) is 5.48. The number of hydrogen-bond acceptors (Lipinski definition) is 3.